The summed E-state index contributed by atoms with van der Waals surface area (Å²) in [5.41, 5.74) is -0.402. The average Bonchev–Trinajstić information content (AvgIpc) is 2.71. The highest BCUT2D eigenvalue weighted by molar-refractivity contribution is 5.94. The molecule has 0 fully saturated rings. The Labute approximate surface area is 106 Å². The van der Waals surface area contributed by atoms with E-state index in [0.717, 1.165) is 0 Å². The molecular formula is C12H19N3O3. The molecule has 1 heterocycles. The predicted octanol–water partition coefficient (Wildman–Crippen LogP) is 1.64. The molecular weight excluding hydrogens is 234 g/mol. The Hall–Kier alpha value is -1.85. The molecule has 0 aliphatic carbocycles. The largest absolute Gasteiger partial charge is 0.481 e. The van der Waals surface area contributed by atoms with Gasteiger partial charge in [-0.1, -0.05) is 13.8 Å². The minimum absolute atomic E-state index is 0.0236. The van der Waals surface area contributed by atoms with Gasteiger partial charge >= 0.3 is 5.97 Å². The SMILES string of the molecule is CCC(CC)(CC(=O)Nc1cnn(C)c1)C(=O)O. The monoisotopic (exact) mass is 253 g/mol. The van der Waals surface area contributed by atoms with Crippen molar-refractivity contribution in [1.29, 1.82) is 0 Å². The highest BCUT2D eigenvalue weighted by Crippen LogP contribution is 2.31. The first kappa shape index (κ1) is 14.2. The predicted molar refractivity (Wildman–Crippen MR) is 67.1 cm³/mol. The second-order valence-electron chi connectivity index (χ2n) is 4.42. The van der Waals surface area contributed by atoms with Crippen molar-refractivity contribution < 1.29 is 14.7 Å². The number of aryl methyl sites for hydroxylation is 1. The maximum atomic E-state index is 11.8. The van der Waals surface area contributed by atoms with Gasteiger partial charge < -0.3 is 10.4 Å². The van der Waals surface area contributed by atoms with Crippen LogP contribution in [0.2, 0.25) is 0 Å². The molecule has 18 heavy (non-hydrogen) atoms. The molecule has 100 valence electrons. The van der Waals surface area contributed by atoms with Gasteiger partial charge in [0.15, 0.2) is 0 Å². The normalized spacial score (nSPS) is 11.3. The molecule has 0 aliphatic heterocycles. The Morgan fingerprint density at radius 2 is 2.06 bits per heavy atom. The molecule has 0 bridgehead atoms. The number of carbonyl (C=O) groups excluding carboxylic acids is 1. The summed E-state index contributed by atoms with van der Waals surface area (Å²) in [6.45, 7) is 3.57. The van der Waals surface area contributed by atoms with Crippen molar-refractivity contribution in [3.63, 3.8) is 0 Å². The zero-order valence-corrected chi connectivity index (χ0v) is 10.9. The van der Waals surface area contributed by atoms with Gasteiger partial charge in [0.25, 0.3) is 0 Å². The van der Waals surface area contributed by atoms with E-state index in [-0.39, 0.29) is 12.3 Å². The van der Waals surface area contributed by atoms with Crippen LogP contribution in [0.4, 0.5) is 5.69 Å². The van der Waals surface area contributed by atoms with Crippen molar-refractivity contribution in [2.75, 3.05) is 5.32 Å². The van der Waals surface area contributed by atoms with Gasteiger partial charge in [-0.05, 0) is 12.8 Å². The van der Waals surface area contributed by atoms with Gasteiger partial charge in [-0.25, -0.2) is 0 Å². The van der Waals surface area contributed by atoms with E-state index in [1.54, 1.807) is 31.8 Å². The van der Waals surface area contributed by atoms with Crippen molar-refractivity contribution in [3.05, 3.63) is 12.4 Å². The standard InChI is InChI=1S/C12H19N3O3/c1-4-12(5-2,11(17)18)6-10(16)14-9-7-13-15(3)8-9/h7-8H,4-6H2,1-3H3,(H,14,16)(H,17,18). The lowest BCUT2D eigenvalue weighted by molar-refractivity contribution is -0.151. The number of hydrogen-bond acceptors (Lipinski definition) is 3. The summed E-state index contributed by atoms with van der Waals surface area (Å²) in [6.07, 6.45) is 4.03. The first-order valence-corrected chi connectivity index (χ1v) is 5.95. The molecule has 0 atom stereocenters. The Morgan fingerprint density at radius 3 is 2.44 bits per heavy atom. The summed E-state index contributed by atoms with van der Waals surface area (Å²) >= 11 is 0. The minimum Gasteiger partial charge on any atom is -0.481 e. The van der Waals surface area contributed by atoms with Gasteiger partial charge in [-0.2, -0.15) is 5.10 Å². The van der Waals surface area contributed by atoms with Gasteiger partial charge in [0.2, 0.25) is 5.91 Å². The minimum atomic E-state index is -0.980. The number of aliphatic carboxylic acids is 1. The van der Waals surface area contributed by atoms with Crippen LogP contribution < -0.4 is 5.32 Å². The number of aromatic nitrogens is 2. The Balaban J connectivity index is 2.70. The first-order chi connectivity index (χ1) is 8.43. The van der Waals surface area contributed by atoms with Crippen molar-refractivity contribution in [2.45, 2.75) is 33.1 Å². The maximum Gasteiger partial charge on any atom is 0.310 e. The van der Waals surface area contributed by atoms with E-state index in [1.165, 1.54) is 6.20 Å². The van der Waals surface area contributed by atoms with Gasteiger partial charge in [0.05, 0.1) is 17.3 Å². The summed E-state index contributed by atoms with van der Waals surface area (Å²) in [5, 5.41) is 15.8. The van der Waals surface area contributed by atoms with E-state index in [4.69, 9.17) is 0 Å². The third-order valence-electron chi connectivity index (χ3n) is 3.29. The number of amides is 1. The smallest absolute Gasteiger partial charge is 0.310 e. The summed E-state index contributed by atoms with van der Waals surface area (Å²) < 4.78 is 1.57. The zero-order valence-electron chi connectivity index (χ0n) is 10.9. The first-order valence-electron chi connectivity index (χ1n) is 5.95. The lowest BCUT2D eigenvalue weighted by atomic mass is 9.79. The number of carboxylic acids is 1. The Bertz CT molecular complexity index is 436. The zero-order chi connectivity index (χ0) is 13.8. The van der Waals surface area contributed by atoms with Crippen LogP contribution in [-0.2, 0) is 16.6 Å². The second-order valence-corrected chi connectivity index (χ2v) is 4.42. The third kappa shape index (κ3) is 3.09. The van der Waals surface area contributed by atoms with Gasteiger partial charge in [0.1, 0.15) is 0 Å². The van der Waals surface area contributed by atoms with Crippen LogP contribution in [0.1, 0.15) is 33.1 Å². The van der Waals surface area contributed by atoms with Crippen LogP contribution in [0.3, 0.4) is 0 Å². The number of nitrogens with zero attached hydrogens (tertiary/aromatic N) is 2. The second kappa shape index (κ2) is 5.66. The van der Waals surface area contributed by atoms with E-state index in [9.17, 15) is 14.7 Å². The lowest BCUT2D eigenvalue weighted by Gasteiger charge is -2.25. The number of rotatable bonds is 6. The molecule has 0 aromatic carbocycles. The quantitative estimate of drug-likeness (QED) is 0.807. The molecule has 1 amide bonds. The van der Waals surface area contributed by atoms with Gasteiger partial charge in [0, 0.05) is 19.7 Å². The summed E-state index contributed by atoms with van der Waals surface area (Å²) in [5.74, 6) is -1.22. The van der Waals surface area contributed by atoms with Crippen LogP contribution in [-0.4, -0.2) is 26.8 Å². The molecule has 0 spiro atoms. The molecule has 1 aromatic rings. The highest BCUT2D eigenvalue weighted by atomic mass is 16.4. The van der Waals surface area contributed by atoms with Crippen molar-refractivity contribution >= 4 is 17.6 Å². The highest BCUT2D eigenvalue weighted by Gasteiger charge is 2.37. The molecule has 0 unspecified atom stereocenters. The van der Waals surface area contributed by atoms with Crippen LogP contribution in [0.15, 0.2) is 12.4 Å². The molecule has 1 rings (SSSR count). The molecule has 2 N–H and O–H groups in total. The number of carbonyl (C=O) groups is 2. The van der Waals surface area contributed by atoms with Crippen LogP contribution >= 0.6 is 0 Å². The fourth-order valence-corrected chi connectivity index (χ4v) is 1.88. The molecule has 0 aliphatic rings. The number of anilines is 1. The van der Waals surface area contributed by atoms with Crippen molar-refractivity contribution in [1.82, 2.24) is 9.78 Å². The number of nitrogens with one attached hydrogen (secondary N) is 1. The van der Waals surface area contributed by atoms with E-state index in [1.807, 2.05) is 0 Å². The third-order valence-corrected chi connectivity index (χ3v) is 3.29. The van der Waals surface area contributed by atoms with E-state index < -0.39 is 11.4 Å². The van der Waals surface area contributed by atoms with E-state index in [2.05, 4.69) is 10.4 Å². The average molecular weight is 253 g/mol. The number of hydrogen-bond donors (Lipinski definition) is 2. The molecule has 0 radical (unpaired) electrons. The fourth-order valence-electron chi connectivity index (χ4n) is 1.88. The summed E-state index contributed by atoms with van der Waals surface area (Å²) in [7, 11) is 1.75. The van der Waals surface area contributed by atoms with Gasteiger partial charge in [-0.3, -0.25) is 14.3 Å². The fraction of sp³-hybridized carbons (Fsp3) is 0.583. The van der Waals surface area contributed by atoms with Crippen molar-refractivity contribution in [2.24, 2.45) is 12.5 Å². The molecule has 6 nitrogen and oxygen atoms in total. The maximum absolute atomic E-state index is 11.8. The summed E-state index contributed by atoms with van der Waals surface area (Å²) in [4.78, 5) is 23.1. The lowest BCUT2D eigenvalue weighted by Crippen LogP contribution is -2.34. The van der Waals surface area contributed by atoms with E-state index >= 15 is 0 Å². The van der Waals surface area contributed by atoms with Crippen molar-refractivity contribution in [3.8, 4) is 0 Å². The molecule has 6 heteroatoms. The molecule has 1 aromatic heterocycles. The van der Waals surface area contributed by atoms with Crippen LogP contribution in [0, 0.1) is 5.41 Å². The van der Waals surface area contributed by atoms with Crippen LogP contribution in [0.25, 0.3) is 0 Å². The molecule has 0 saturated heterocycles. The van der Waals surface area contributed by atoms with Crippen LogP contribution in [0.5, 0.6) is 0 Å². The summed E-state index contributed by atoms with van der Waals surface area (Å²) in [6, 6.07) is 0. The Kier molecular flexibility index (Phi) is 4.47. The van der Waals surface area contributed by atoms with E-state index in [0.29, 0.717) is 18.5 Å². The van der Waals surface area contributed by atoms with Gasteiger partial charge in [-0.15, -0.1) is 0 Å². The topological polar surface area (TPSA) is 84.2 Å². The Morgan fingerprint density at radius 1 is 1.44 bits per heavy atom. The molecule has 0 saturated carbocycles. The number of carboxylic acid groups (broad SMARTS) is 1.